The average Bonchev–Trinajstić information content (AvgIpc) is 3.18. The van der Waals surface area contributed by atoms with Crippen molar-refractivity contribution < 1.29 is 0 Å². The zero-order valence-electron chi connectivity index (χ0n) is 16.1. The van der Waals surface area contributed by atoms with Gasteiger partial charge in [0.05, 0.1) is 5.52 Å². The minimum absolute atomic E-state index is 0.0427. The van der Waals surface area contributed by atoms with Crippen molar-refractivity contribution in [3.8, 4) is 16.8 Å². The predicted molar refractivity (Wildman–Crippen MR) is 119 cm³/mol. The summed E-state index contributed by atoms with van der Waals surface area (Å²) in [4.78, 5) is 8.84. The van der Waals surface area contributed by atoms with Crippen LogP contribution in [0.15, 0.2) is 73.2 Å². The van der Waals surface area contributed by atoms with Crippen LogP contribution in [0.25, 0.3) is 38.8 Å². The third kappa shape index (κ3) is 2.19. The first-order valence-electron chi connectivity index (χ1n) is 9.70. The zero-order valence-corrected chi connectivity index (χ0v) is 16.9. The second-order valence-corrected chi connectivity index (χ2v) is 8.59. The highest BCUT2D eigenvalue weighted by Crippen LogP contribution is 2.49. The standard InChI is InChI=1S/C25H18ClN3/c1-25(2)21-6-4-3-5-17(21)18-9-8-16(12-22(18)25)29-23-10-7-15(26)11-19(23)20-13-27-14-28-24(20)29/h3-14H,1-2H3. The largest absolute Gasteiger partial charge is 0.294 e. The lowest BCUT2D eigenvalue weighted by Gasteiger charge is -2.22. The number of halogens is 1. The Morgan fingerprint density at radius 2 is 1.69 bits per heavy atom. The Morgan fingerprint density at radius 3 is 2.59 bits per heavy atom. The molecular formula is C25H18ClN3. The third-order valence-corrected chi connectivity index (χ3v) is 6.45. The molecule has 0 aliphatic heterocycles. The predicted octanol–water partition coefficient (Wildman–Crippen LogP) is 6.53. The lowest BCUT2D eigenvalue weighted by Crippen LogP contribution is -2.15. The molecule has 3 nitrogen and oxygen atoms in total. The summed E-state index contributed by atoms with van der Waals surface area (Å²) in [6, 6.07) is 21.4. The number of benzene rings is 3. The SMILES string of the molecule is CC1(C)c2ccccc2-c2ccc(-n3c4ccc(Cl)cc4c4cncnc43)cc21. The Hall–Kier alpha value is -3.17. The van der Waals surface area contributed by atoms with E-state index in [0.717, 1.165) is 27.6 Å². The van der Waals surface area contributed by atoms with Crippen LogP contribution in [0.1, 0.15) is 25.0 Å². The Labute approximate surface area is 173 Å². The maximum atomic E-state index is 6.29. The summed E-state index contributed by atoms with van der Waals surface area (Å²) in [6.45, 7) is 4.60. The number of hydrogen-bond donors (Lipinski definition) is 0. The molecule has 2 heterocycles. The minimum atomic E-state index is -0.0427. The highest BCUT2D eigenvalue weighted by Gasteiger charge is 2.35. The third-order valence-electron chi connectivity index (χ3n) is 6.22. The van der Waals surface area contributed by atoms with E-state index in [1.807, 2.05) is 18.3 Å². The summed E-state index contributed by atoms with van der Waals surface area (Å²) in [5.41, 5.74) is 8.40. The normalized spacial score (nSPS) is 14.3. The van der Waals surface area contributed by atoms with Gasteiger partial charge in [0.1, 0.15) is 12.0 Å². The van der Waals surface area contributed by atoms with Gasteiger partial charge in [-0.1, -0.05) is 55.8 Å². The van der Waals surface area contributed by atoms with Crippen molar-refractivity contribution in [2.45, 2.75) is 19.3 Å². The fourth-order valence-corrected chi connectivity index (χ4v) is 4.99. The Balaban J connectivity index is 1.67. The van der Waals surface area contributed by atoms with Crippen LogP contribution in [0, 0.1) is 0 Å². The van der Waals surface area contributed by atoms with Crippen molar-refractivity contribution in [2.75, 3.05) is 0 Å². The molecule has 29 heavy (non-hydrogen) atoms. The van der Waals surface area contributed by atoms with Crippen LogP contribution in [0.3, 0.4) is 0 Å². The molecule has 0 unspecified atom stereocenters. The molecule has 0 amide bonds. The Bertz CT molecular complexity index is 1450. The van der Waals surface area contributed by atoms with Gasteiger partial charge in [-0.05, 0) is 52.6 Å². The number of rotatable bonds is 1. The first-order valence-corrected chi connectivity index (χ1v) is 10.1. The highest BCUT2D eigenvalue weighted by atomic mass is 35.5. The van der Waals surface area contributed by atoms with Crippen molar-refractivity contribution in [1.82, 2.24) is 14.5 Å². The molecule has 5 aromatic rings. The van der Waals surface area contributed by atoms with Crippen LogP contribution in [-0.2, 0) is 5.41 Å². The van der Waals surface area contributed by atoms with Crippen LogP contribution in [0.2, 0.25) is 5.02 Å². The molecule has 0 saturated heterocycles. The molecule has 6 rings (SSSR count). The molecule has 0 N–H and O–H groups in total. The number of hydrogen-bond acceptors (Lipinski definition) is 2. The van der Waals surface area contributed by atoms with Crippen molar-refractivity contribution >= 4 is 33.5 Å². The van der Waals surface area contributed by atoms with Crippen molar-refractivity contribution in [3.63, 3.8) is 0 Å². The smallest absolute Gasteiger partial charge is 0.148 e. The van der Waals surface area contributed by atoms with Gasteiger partial charge in [-0.2, -0.15) is 0 Å². The first kappa shape index (κ1) is 16.8. The molecule has 3 aromatic carbocycles. The van der Waals surface area contributed by atoms with E-state index in [-0.39, 0.29) is 5.41 Å². The average molecular weight is 396 g/mol. The summed E-state index contributed by atoms with van der Waals surface area (Å²) in [5.74, 6) is 0. The monoisotopic (exact) mass is 395 g/mol. The van der Waals surface area contributed by atoms with E-state index >= 15 is 0 Å². The Morgan fingerprint density at radius 1 is 0.862 bits per heavy atom. The second-order valence-electron chi connectivity index (χ2n) is 8.16. The number of nitrogens with zero attached hydrogens (tertiary/aromatic N) is 3. The van der Waals surface area contributed by atoms with Gasteiger partial charge in [0.25, 0.3) is 0 Å². The van der Waals surface area contributed by atoms with Crippen LogP contribution < -0.4 is 0 Å². The summed E-state index contributed by atoms with van der Waals surface area (Å²) in [6.07, 6.45) is 3.47. The molecular weight excluding hydrogens is 378 g/mol. The van der Waals surface area contributed by atoms with Crippen molar-refractivity contribution in [3.05, 3.63) is 89.3 Å². The molecule has 1 aliphatic carbocycles. The van der Waals surface area contributed by atoms with Gasteiger partial charge in [-0.15, -0.1) is 0 Å². The molecule has 0 fully saturated rings. The van der Waals surface area contributed by atoms with Gasteiger partial charge >= 0.3 is 0 Å². The van der Waals surface area contributed by atoms with E-state index in [9.17, 15) is 0 Å². The number of aromatic nitrogens is 3. The molecule has 0 spiro atoms. The summed E-state index contributed by atoms with van der Waals surface area (Å²) in [5, 5.41) is 2.79. The fraction of sp³-hybridized carbons (Fsp3) is 0.120. The maximum absolute atomic E-state index is 6.29. The second kappa shape index (κ2) is 5.68. The van der Waals surface area contributed by atoms with E-state index in [4.69, 9.17) is 11.6 Å². The topological polar surface area (TPSA) is 30.7 Å². The quantitative estimate of drug-likeness (QED) is 0.323. The zero-order chi connectivity index (χ0) is 19.8. The van der Waals surface area contributed by atoms with Gasteiger partial charge < -0.3 is 0 Å². The molecule has 0 atom stereocenters. The molecule has 0 radical (unpaired) electrons. The van der Waals surface area contributed by atoms with Gasteiger partial charge in [0.15, 0.2) is 0 Å². The lowest BCUT2D eigenvalue weighted by atomic mass is 9.82. The molecule has 4 heteroatoms. The van der Waals surface area contributed by atoms with E-state index in [0.29, 0.717) is 5.02 Å². The fourth-order valence-electron chi connectivity index (χ4n) is 4.82. The van der Waals surface area contributed by atoms with Gasteiger partial charge in [0.2, 0.25) is 0 Å². The Kier molecular flexibility index (Phi) is 3.28. The van der Waals surface area contributed by atoms with Crippen LogP contribution in [0.5, 0.6) is 0 Å². The van der Waals surface area contributed by atoms with E-state index in [1.165, 1.54) is 22.3 Å². The van der Waals surface area contributed by atoms with Gasteiger partial charge in [-0.3, -0.25) is 4.57 Å². The summed E-state index contributed by atoms with van der Waals surface area (Å²) < 4.78 is 2.21. The summed E-state index contributed by atoms with van der Waals surface area (Å²) in [7, 11) is 0. The number of fused-ring (bicyclic) bond motifs is 6. The molecule has 1 aliphatic rings. The highest BCUT2D eigenvalue weighted by molar-refractivity contribution is 6.31. The lowest BCUT2D eigenvalue weighted by molar-refractivity contribution is 0.660. The van der Waals surface area contributed by atoms with E-state index in [2.05, 4.69) is 76.9 Å². The van der Waals surface area contributed by atoms with Gasteiger partial charge in [-0.25, -0.2) is 9.97 Å². The molecule has 2 aromatic heterocycles. The molecule has 0 bridgehead atoms. The van der Waals surface area contributed by atoms with E-state index < -0.39 is 0 Å². The van der Waals surface area contributed by atoms with Crippen LogP contribution in [0.4, 0.5) is 0 Å². The van der Waals surface area contributed by atoms with Crippen LogP contribution >= 0.6 is 11.6 Å². The van der Waals surface area contributed by atoms with E-state index in [1.54, 1.807) is 6.33 Å². The van der Waals surface area contributed by atoms with Crippen molar-refractivity contribution in [2.24, 2.45) is 0 Å². The maximum Gasteiger partial charge on any atom is 0.148 e. The van der Waals surface area contributed by atoms with Crippen LogP contribution in [-0.4, -0.2) is 14.5 Å². The van der Waals surface area contributed by atoms with Crippen molar-refractivity contribution in [1.29, 1.82) is 0 Å². The molecule has 0 saturated carbocycles. The first-order chi connectivity index (χ1) is 14.1. The summed E-state index contributed by atoms with van der Waals surface area (Å²) >= 11 is 6.29. The minimum Gasteiger partial charge on any atom is -0.294 e. The molecule has 140 valence electrons. The van der Waals surface area contributed by atoms with Gasteiger partial charge in [0, 0.05) is 33.1 Å².